The molecule has 0 bridgehead atoms. The molecule has 0 atom stereocenters. The van der Waals surface area contributed by atoms with E-state index in [0.29, 0.717) is 0 Å². The smallest absolute Gasteiger partial charge is 0.125 e. The normalized spacial score (nSPS) is 12.0. The highest BCUT2D eigenvalue weighted by Gasteiger charge is 2.08. The van der Waals surface area contributed by atoms with Crippen molar-refractivity contribution in [1.29, 1.82) is 0 Å². The van der Waals surface area contributed by atoms with Gasteiger partial charge in [0.25, 0.3) is 0 Å². The van der Waals surface area contributed by atoms with Crippen molar-refractivity contribution in [3.63, 3.8) is 0 Å². The molecule has 0 aliphatic heterocycles. The Bertz CT molecular complexity index is 666. The zero-order chi connectivity index (χ0) is 18.1. The molecule has 0 saturated heterocycles. The highest BCUT2D eigenvalue weighted by Crippen LogP contribution is 2.26. The van der Waals surface area contributed by atoms with E-state index < -0.39 is 0 Å². The van der Waals surface area contributed by atoms with Crippen LogP contribution in [0.5, 0.6) is 0 Å². The maximum Gasteiger partial charge on any atom is 0.125 e. The molecule has 25 heavy (non-hydrogen) atoms. The van der Waals surface area contributed by atoms with Gasteiger partial charge in [-0.1, -0.05) is 61.0 Å². The number of unbranched alkanes of at least 4 members (excludes halogenated alkanes) is 1. The van der Waals surface area contributed by atoms with E-state index in [4.69, 9.17) is 9.47 Å². The maximum atomic E-state index is 6.11. The van der Waals surface area contributed by atoms with Crippen LogP contribution < -0.4 is 0 Å². The highest BCUT2D eigenvalue weighted by atomic mass is 16.5. The predicted molar refractivity (Wildman–Crippen MR) is 107 cm³/mol. The van der Waals surface area contributed by atoms with E-state index in [1.54, 1.807) is 7.11 Å². The molecular formula is C23H30O2. The predicted octanol–water partition coefficient (Wildman–Crippen LogP) is 6.25. The maximum absolute atomic E-state index is 6.11. The lowest BCUT2D eigenvalue weighted by Crippen LogP contribution is -2.00. The number of aryl methyl sites for hydroxylation is 1. The third-order valence-corrected chi connectivity index (χ3v) is 4.44. The quantitative estimate of drug-likeness (QED) is 0.397. The summed E-state index contributed by atoms with van der Waals surface area (Å²) in [6, 6.07) is 17.3. The molecule has 2 rings (SSSR count). The van der Waals surface area contributed by atoms with Gasteiger partial charge in [0.2, 0.25) is 0 Å². The molecule has 0 N–H and O–H groups in total. The largest absolute Gasteiger partial charge is 0.493 e. The second-order valence-electron chi connectivity index (χ2n) is 6.45. The lowest BCUT2D eigenvalue weighted by molar-refractivity contribution is 0.179. The van der Waals surface area contributed by atoms with Crippen LogP contribution in [0.1, 0.15) is 44.2 Å². The summed E-state index contributed by atoms with van der Waals surface area (Å²) in [6.45, 7) is 7.96. The van der Waals surface area contributed by atoms with Gasteiger partial charge >= 0.3 is 0 Å². The molecule has 0 saturated carbocycles. The first kappa shape index (κ1) is 19.3. The van der Waals surface area contributed by atoms with E-state index in [1.165, 1.54) is 22.3 Å². The molecule has 0 amide bonds. The minimum atomic E-state index is 0.732. The van der Waals surface area contributed by atoms with Gasteiger partial charge in [-0.25, -0.2) is 0 Å². The van der Waals surface area contributed by atoms with Crippen LogP contribution in [0.3, 0.4) is 0 Å². The van der Waals surface area contributed by atoms with E-state index in [0.717, 1.165) is 43.8 Å². The van der Waals surface area contributed by atoms with Gasteiger partial charge in [0.15, 0.2) is 0 Å². The number of hydrogen-bond acceptors (Lipinski definition) is 2. The van der Waals surface area contributed by atoms with Gasteiger partial charge < -0.3 is 9.47 Å². The first-order valence-corrected chi connectivity index (χ1v) is 9.14. The van der Waals surface area contributed by atoms with Crippen LogP contribution >= 0.6 is 0 Å². The number of hydrogen-bond donors (Lipinski definition) is 0. The van der Waals surface area contributed by atoms with E-state index >= 15 is 0 Å². The van der Waals surface area contributed by atoms with Gasteiger partial charge in [0, 0.05) is 19.3 Å². The molecular weight excluding hydrogens is 308 g/mol. The summed E-state index contributed by atoms with van der Waals surface area (Å²) in [4.78, 5) is 0. The molecule has 0 unspecified atom stereocenters. The van der Waals surface area contributed by atoms with Crippen LogP contribution in [0.25, 0.3) is 16.9 Å². The van der Waals surface area contributed by atoms with Crippen molar-refractivity contribution in [3.05, 3.63) is 65.2 Å². The average molecular weight is 338 g/mol. The van der Waals surface area contributed by atoms with Gasteiger partial charge in [-0.3, -0.25) is 0 Å². The Labute approximate surface area is 152 Å². The van der Waals surface area contributed by atoms with E-state index in [2.05, 4.69) is 69.3 Å². The Morgan fingerprint density at radius 3 is 1.96 bits per heavy atom. The van der Waals surface area contributed by atoms with Gasteiger partial charge in [-0.2, -0.15) is 0 Å². The zero-order valence-electron chi connectivity index (χ0n) is 16.0. The summed E-state index contributed by atoms with van der Waals surface area (Å²) in [6.07, 6.45) is 3.03. The Hall–Kier alpha value is -2.06. The lowest BCUT2D eigenvalue weighted by Gasteiger charge is -2.15. The van der Waals surface area contributed by atoms with Crippen LogP contribution in [0.4, 0.5) is 0 Å². The van der Waals surface area contributed by atoms with Crippen LogP contribution in [0.2, 0.25) is 0 Å². The SMILES string of the molecule is CC/C(C)=C(\OCCCCOC)c1ccc(-c2ccc(C)cc2)cc1. The van der Waals surface area contributed by atoms with E-state index in [1.807, 2.05) is 0 Å². The summed E-state index contributed by atoms with van der Waals surface area (Å²) >= 11 is 0. The third-order valence-electron chi connectivity index (χ3n) is 4.44. The molecule has 0 heterocycles. The zero-order valence-corrected chi connectivity index (χ0v) is 16.0. The van der Waals surface area contributed by atoms with Crippen molar-refractivity contribution < 1.29 is 9.47 Å². The number of benzene rings is 2. The van der Waals surface area contributed by atoms with Crippen molar-refractivity contribution in [2.75, 3.05) is 20.3 Å². The van der Waals surface area contributed by atoms with Crippen molar-refractivity contribution in [2.45, 2.75) is 40.0 Å². The van der Waals surface area contributed by atoms with Crippen molar-refractivity contribution in [3.8, 4) is 11.1 Å². The molecule has 0 aliphatic carbocycles. The standard InChI is InChI=1S/C23H30O2/c1-5-19(3)23(25-17-7-6-16-24-4)22-14-12-21(13-15-22)20-10-8-18(2)9-11-20/h8-15H,5-7,16-17H2,1-4H3/b23-19-. The van der Waals surface area contributed by atoms with E-state index in [-0.39, 0.29) is 0 Å². The van der Waals surface area contributed by atoms with Gasteiger partial charge in [0.05, 0.1) is 6.61 Å². The van der Waals surface area contributed by atoms with Crippen LogP contribution in [-0.4, -0.2) is 20.3 Å². The van der Waals surface area contributed by atoms with Gasteiger partial charge in [0.1, 0.15) is 5.76 Å². The fraction of sp³-hybridized carbons (Fsp3) is 0.391. The first-order chi connectivity index (χ1) is 12.2. The molecule has 134 valence electrons. The minimum absolute atomic E-state index is 0.732. The molecule has 2 heteroatoms. The molecule has 0 aliphatic rings. The highest BCUT2D eigenvalue weighted by molar-refractivity contribution is 5.69. The first-order valence-electron chi connectivity index (χ1n) is 9.14. The molecule has 0 radical (unpaired) electrons. The van der Waals surface area contributed by atoms with Crippen LogP contribution in [-0.2, 0) is 9.47 Å². The van der Waals surface area contributed by atoms with Crippen molar-refractivity contribution in [1.82, 2.24) is 0 Å². The molecule has 2 aromatic rings. The summed E-state index contributed by atoms with van der Waals surface area (Å²) in [7, 11) is 1.74. The molecule has 0 fully saturated rings. The summed E-state index contributed by atoms with van der Waals surface area (Å²) in [5.41, 5.74) is 6.20. The fourth-order valence-corrected chi connectivity index (χ4v) is 2.70. The Morgan fingerprint density at radius 2 is 1.40 bits per heavy atom. The molecule has 2 nitrogen and oxygen atoms in total. The minimum Gasteiger partial charge on any atom is -0.493 e. The lowest BCUT2D eigenvalue weighted by atomic mass is 10.0. The second-order valence-corrected chi connectivity index (χ2v) is 6.45. The number of rotatable bonds is 9. The number of ether oxygens (including phenoxy) is 2. The van der Waals surface area contributed by atoms with E-state index in [9.17, 15) is 0 Å². The Morgan fingerprint density at radius 1 is 0.840 bits per heavy atom. The molecule has 2 aromatic carbocycles. The average Bonchev–Trinajstić information content (AvgIpc) is 2.65. The topological polar surface area (TPSA) is 18.5 Å². The van der Waals surface area contributed by atoms with Gasteiger partial charge in [-0.15, -0.1) is 0 Å². The monoisotopic (exact) mass is 338 g/mol. The Balaban J connectivity index is 2.11. The summed E-state index contributed by atoms with van der Waals surface area (Å²) < 4.78 is 11.2. The summed E-state index contributed by atoms with van der Waals surface area (Å²) in [5, 5.41) is 0. The number of allylic oxidation sites excluding steroid dienone is 1. The van der Waals surface area contributed by atoms with Crippen LogP contribution in [0, 0.1) is 6.92 Å². The van der Waals surface area contributed by atoms with Gasteiger partial charge in [-0.05, 0) is 49.8 Å². The fourth-order valence-electron chi connectivity index (χ4n) is 2.70. The number of methoxy groups -OCH3 is 1. The third kappa shape index (κ3) is 5.75. The second kappa shape index (κ2) is 10.0. The van der Waals surface area contributed by atoms with Crippen molar-refractivity contribution >= 4 is 5.76 Å². The van der Waals surface area contributed by atoms with Crippen molar-refractivity contribution in [2.24, 2.45) is 0 Å². The summed E-state index contributed by atoms with van der Waals surface area (Å²) in [5.74, 6) is 1.02. The molecule has 0 spiro atoms. The van der Waals surface area contributed by atoms with Crippen LogP contribution in [0.15, 0.2) is 54.1 Å². The Kier molecular flexibility index (Phi) is 7.75. The molecule has 0 aromatic heterocycles.